The van der Waals surface area contributed by atoms with Gasteiger partial charge >= 0.3 is 0 Å². The van der Waals surface area contributed by atoms with Gasteiger partial charge in [-0.15, -0.1) is 11.8 Å². The van der Waals surface area contributed by atoms with E-state index in [0.29, 0.717) is 5.92 Å². The van der Waals surface area contributed by atoms with Crippen LogP contribution in [0.3, 0.4) is 0 Å². The van der Waals surface area contributed by atoms with E-state index in [1.165, 1.54) is 27.1 Å². The summed E-state index contributed by atoms with van der Waals surface area (Å²) < 4.78 is 6.52. The molecule has 3 aromatic carbocycles. The summed E-state index contributed by atoms with van der Waals surface area (Å²) >= 11 is 1.87. The van der Waals surface area contributed by atoms with E-state index in [1.807, 2.05) is 23.9 Å². The summed E-state index contributed by atoms with van der Waals surface area (Å²) in [6.45, 7) is 8.76. The number of nitrogens with zero attached hydrogens (tertiary/aromatic N) is 1. The summed E-state index contributed by atoms with van der Waals surface area (Å²) in [5.41, 5.74) is 5.96. The van der Waals surface area contributed by atoms with Gasteiger partial charge in [0, 0.05) is 41.1 Å². The number of ether oxygens (including phenoxy) is 1. The van der Waals surface area contributed by atoms with E-state index in [2.05, 4.69) is 87.2 Å². The first-order valence-corrected chi connectivity index (χ1v) is 14.3. The van der Waals surface area contributed by atoms with E-state index in [-0.39, 0.29) is 24.1 Å². The van der Waals surface area contributed by atoms with Gasteiger partial charge in [0.05, 0.1) is 0 Å². The quantitative estimate of drug-likeness (QED) is 0.309. The molecule has 36 heavy (non-hydrogen) atoms. The van der Waals surface area contributed by atoms with Crippen molar-refractivity contribution in [3.63, 3.8) is 0 Å². The number of rotatable bonds is 7. The standard InChI is InChI=1S/C32H37NO2S/c1-21(2)29-10-5-6-11-30(29)35-28-18-26-16-17-27(19-28)33(26)32(34)25-14-12-24(13-15-25)20-36-31-22(3)8-7-9-23(31)4/h5-15,21,26-28H,16-20H2,1-4H3/t26-,27-/m0/s1. The number of fused-ring (bicyclic) bond motifs is 2. The molecular weight excluding hydrogens is 462 g/mol. The van der Waals surface area contributed by atoms with Crippen molar-refractivity contribution in [2.45, 2.75) is 88.1 Å². The molecule has 2 heterocycles. The van der Waals surface area contributed by atoms with Gasteiger partial charge < -0.3 is 9.64 Å². The summed E-state index contributed by atoms with van der Waals surface area (Å²) in [5.74, 6) is 2.52. The molecule has 5 rings (SSSR count). The Morgan fingerprint density at radius 3 is 2.19 bits per heavy atom. The molecule has 2 saturated heterocycles. The minimum atomic E-state index is 0.177. The Labute approximate surface area is 220 Å². The van der Waals surface area contributed by atoms with Gasteiger partial charge in [0.2, 0.25) is 0 Å². The first-order chi connectivity index (χ1) is 17.4. The molecule has 188 valence electrons. The number of para-hydroxylation sites is 1. The van der Waals surface area contributed by atoms with Crippen molar-refractivity contribution in [3.05, 3.63) is 94.5 Å². The molecule has 2 aliphatic heterocycles. The molecule has 3 aromatic rings. The number of hydrogen-bond donors (Lipinski definition) is 0. The Morgan fingerprint density at radius 2 is 1.56 bits per heavy atom. The van der Waals surface area contributed by atoms with Crippen molar-refractivity contribution >= 4 is 17.7 Å². The lowest BCUT2D eigenvalue weighted by molar-refractivity contribution is 0.0356. The van der Waals surface area contributed by atoms with Gasteiger partial charge in [-0.1, -0.05) is 62.4 Å². The predicted molar refractivity (Wildman–Crippen MR) is 149 cm³/mol. The highest BCUT2D eigenvalue weighted by Gasteiger charge is 2.44. The van der Waals surface area contributed by atoms with Crippen molar-refractivity contribution in [3.8, 4) is 5.75 Å². The molecule has 2 bridgehead atoms. The van der Waals surface area contributed by atoms with E-state index in [0.717, 1.165) is 42.7 Å². The molecule has 2 aliphatic rings. The Morgan fingerprint density at radius 1 is 0.917 bits per heavy atom. The molecule has 0 aromatic heterocycles. The molecule has 0 aliphatic carbocycles. The van der Waals surface area contributed by atoms with Crippen molar-refractivity contribution in [1.82, 2.24) is 4.90 Å². The average molecular weight is 500 g/mol. The maximum atomic E-state index is 13.5. The Balaban J connectivity index is 1.22. The molecule has 0 radical (unpaired) electrons. The van der Waals surface area contributed by atoms with Gasteiger partial charge in [0.15, 0.2) is 0 Å². The van der Waals surface area contributed by atoms with Crippen LogP contribution in [-0.2, 0) is 5.75 Å². The second-order valence-corrected chi connectivity index (χ2v) is 11.7. The van der Waals surface area contributed by atoms with Crippen LogP contribution in [0.1, 0.15) is 78.1 Å². The van der Waals surface area contributed by atoms with Crippen LogP contribution in [0, 0.1) is 13.8 Å². The van der Waals surface area contributed by atoms with Gasteiger partial charge in [-0.3, -0.25) is 4.79 Å². The van der Waals surface area contributed by atoms with Crippen LogP contribution in [0.4, 0.5) is 0 Å². The van der Waals surface area contributed by atoms with Crippen LogP contribution < -0.4 is 4.74 Å². The topological polar surface area (TPSA) is 29.5 Å². The summed E-state index contributed by atoms with van der Waals surface area (Å²) in [6, 6.07) is 23.7. The largest absolute Gasteiger partial charge is 0.490 e. The van der Waals surface area contributed by atoms with E-state index >= 15 is 0 Å². The van der Waals surface area contributed by atoms with Crippen LogP contribution >= 0.6 is 11.8 Å². The highest BCUT2D eigenvalue weighted by Crippen LogP contribution is 2.39. The van der Waals surface area contributed by atoms with E-state index in [9.17, 15) is 4.79 Å². The predicted octanol–water partition coefficient (Wildman–Crippen LogP) is 7.93. The number of piperidine rings is 1. The minimum absolute atomic E-state index is 0.177. The van der Waals surface area contributed by atoms with Crippen LogP contribution in [0.5, 0.6) is 5.75 Å². The zero-order valence-electron chi connectivity index (χ0n) is 21.9. The zero-order chi connectivity index (χ0) is 25.2. The first-order valence-electron chi connectivity index (χ1n) is 13.3. The Hall–Kier alpha value is -2.72. The first kappa shape index (κ1) is 25.0. The molecule has 0 saturated carbocycles. The van der Waals surface area contributed by atoms with Crippen LogP contribution in [-0.4, -0.2) is 29.0 Å². The second kappa shape index (κ2) is 10.7. The number of thioether (sulfide) groups is 1. The highest BCUT2D eigenvalue weighted by molar-refractivity contribution is 7.98. The summed E-state index contributed by atoms with van der Waals surface area (Å²) in [7, 11) is 0. The normalized spacial score (nSPS) is 21.1. The summed E-state index contributed by atoms with van der Waals surface area (Å²) in [5, 5.41) is 0. The number of amides is 1. The molecule has 0 spiro atoms. The molecule has 0 N–H and O–H groups in total. The van der Waals surface area contributed by atoms with Gasteiger partial charge in [0.1, 0.15) is 11.9 Å². The third kappa shape index (κ3) is 5.20. The number of aryl methyl sites for hydroxylation is 2. The molecular formula is C32H37NO2S. The molecule has 4 heteroatoms. The van der Waals surface area contributed by atoms with Crippen molar-refractivity contribution in [2.24, 2.45) is 0 Å². The second-order valence-electron chi connectivity index (χ2n) is 10.7. The van der Waals surface area contributed by atoms with Gasteiger partial charge in [0.25, 0.3) is 5.91 Å². The smallest absolute Gasteiger partial charge is 0.254 e. The third-order valence-corrected chi connectivity index (χ3v) is 9.16. The van der Waals surface area contributed by atoms with Gasteiger partial charge in [-0.25, -0.2) is 0 Å². The lowest BCUT2D eigenvalue weighted by Crippen LogP contribution is -2.49. The fraction of sp³-hybridized carbons (Fsp3) is 0.406. The van der Waals surface area contributed by atoms with E-state index in [1.54, 1.807) is 0 Å². The molecule has 3 nitrogen and oxygen atoms in total. The number of benzene rings is 3. The lowest BCUT2D eigenvalue weighted by Gasteiger charge is -2.39. The summed E-state index contributed by atoms with van der Waals surface area (Å²) in [6.07, 6.45) is 4.16. The molecule has 1 amide bonds. The Bertz CT molecular complexity index is 1180. The summed E-state index contributed by atoms with van der Waals surface area (Å²) in [4.78, 5) is 17.0. The molecule has 2 atom stereocenters. The number of carbonyl (C=O) groups excluding carboxylic acids is 1. The number of hydrogen-bond acceptors (Lipinski definition) is 3. The van der Waals surface area contributed by atoms with Crippen molar-refractivity contribution in [1.29, 1.82) is 0 Å². The van der Waals surface area contributed by atoms with Crippen molar-refractivity contribution in [2.75, 3.05) is 0 Å². The molecule has 2 fully saturated rings. The number of carbonyl (C=O) groups is 1. The van der Waals surface area contributed by atoms with Gasteiger partial charge in [-0.05, 0) is 73.1 Å². The van der Waals surface area contributed by atoms with Crippen LogP contribution in [0.2, 0.25) is 0 Å². The highest BCUT2D eigenvalue weighted by atomic mass is 32.2. The fourth-order valence-corrected chi connectivity index (χ4v) is 6.97. The Kier molecular flexibility index (Phi) is 7.43. The third-order valence-electron chi connectivity index (χ3n) is 7.75. The lowest BCUT2D eigenvalue weighted by atomic mass is 9.97. The van der Waals surface area contributed by atoms with Gasteiger partial charge in [-0.2, -0.15) is 0 Å². The minimum Gasteiger partial charge on any atom is -0.490 e. The van der Waals surface area contributed by atoms with E-state index in [4.69, 9.17) is 4.74 Å². The maximum Gasteiger partial charge on any atom is 0.254 e. The van der Waals surface area contributed by atoms with E-state index < -0.39 is 0 Å². The van der Waals surface area contributed by atoms with Crippen LogP contribution in [0.15, 0.2) is 71.6 Å². The average Bonchev–Trinajstić information content (AvgIpc) is 3.14. The monoisotopic (exact) mass is 499 g/mol. The SMILES string of the molecule is Cc1cccc(C)c1SCc1ccc(C(=O)N2[C@H]3CC[C@H]2CC(Oc2ccccc2C(C)C)C3)cc1. The molecule has 0 unspecified atom stereocenters. The fourth-order valence-electron chi connectivity index (χ4n) is 5.87. The van der Waals surface area contributed by atoms with Crippen molar-refractivity contribution < 1.29 is 9.53 Å². The maximum absolute atomic E-state index is 13.5. The van der Waals surface area contributed by atoms with Crippen LogP contribution in [0.25, 0.3) is 0 Å². The zero-order valence-corrected chi connectivity index (χ0v) is 22.7.